The number of hydrogen-bond donors (Lipinski definition) is 1. The van der Waals surface area contributed by atoms with Gasteiger partial charge in [-0.15, -0.1) is 0 Å². The Kier molecular flexibility index (Phi) is 3.88. The van der Waals surface area contributed by atoms with Crippen molar-refractivity contribution in [3.05, 3.63) is 29.6 Å². The van der Waals surface area contributed by atoms with Crippen LogP contribution in [0.25, 0.3) is 0 Å². The fourth-order valence-corrected chi connectivity index (χ4v) is 2.52. The van der Waals surface area contributed by atoms with Crippen LogP contribution < -0.4 is 4.90 Å². The Morgan fingerprint density at radius 3 is 2.50 bits per heavy atom. The van der Waals surface area contributed by atoms with Crippen LogP contribution in [0, 0.1) is 5.82 Å². The van der Waals surface area contributed by atoms with E-state index in [4.69, 9.17) is 4.74 Å². The molecule has 1 aliphatic heterocycles. The average molecular weight is 253 g/mol. The summed E-state index contributed by atoms with van der Waals surface area (Å²) in [6.07, 6.45) is -0.398. The highest BCUT2D eigenvalue weighted by Gasteiger charge is 2.24. The summed E-state index contributed by atoms with van der Waals surface area (Å²) in [4.78, 5) is 2.15. The molecule has 1 aromatic rings. The number of aliphatic hydroxyl groups excluding tert-OH is 1. The molecular weight excluding hydrogens is 233 g/mol. The van der Waals surface area contributed by atoms with Gasteiger partial charge in [-0.2, -0.15) is 0 Å². The van der Waals surface area contributed by atoms with Gasteiger partial charge in [0.15, 0.2) is 0 Å². The van der Waals surface area contributed by atoms with E-state index in [0.29, 0.717) is 5.56 Å². The summed E-state index contributed by atoms with van der Waals surface area (Å²) in [5.74, 6) is -0.316. The summed E-state index contributed by atoms with van der Waals surface area (Å²) < 4.78 is 19.0. The number of benzene rings is 1. The van der Waals surface area contributed by atoms with E-state index < -0.39 is 6.10 Å². The van der Waals surface area contributed by atoms with E-state index in [1.807, 2.05) is 13.8 Å². The van der Waals surface area contributed by atoms with Gasteiger partial charge in [0.25, 0.3) is 0 Å². The maximum Gasteiger partial charge on any atom is 0.123 e. The van der Waals surface area contributed by atoms with Gasteiger partial charge in [0.2, 0.25) is 0 Å². The van der Waals surface area contributed by atoms with Crippen molar-refractivity contribution in [2.75, 3.05) is 18.0 Å². The second-order valence-corrected chi connectivity index (χ2v) is 5.04. The first-order chi connectivity index (χ1) is 8.47. The quantitative estimate of drug-likeness (QED) is 0.879. The molecule has 100 valence electrons. The third-order valence-electron chi connectivity index (χ3n) is 3.20. The second-order valence-electron chi connectivity index (χ2n) is 5.04. The lowest BCUT2D eigenvalue weighted by atomic mass is 10.1. The van der Waals surface area contributed by atoms with Gasteiger partial charge in [0, 0.05) is 24.3 Å². The van der Waals surface area contributed by atoms with Crippen LogP contribution in [0.1, 0.15) is 32.4 Å². The molecular formula is C14H20FNO2. The molecule has 0 amide bonds. The molecule has 2 rings (SSSR count). The zero-order chi connectivity index (χ0) is 13.3. The molecule has 1 saturated heterocycles. The van der Waals surface area contributed by atoms with E-state index in [-0.39, 0.29) is 18.0 Å². The standard InChI is InChI=1S/C14H20FNO2/c1-9-7-16(8-10(2)18-9)14-5-4-12(15)6-13(14)11(3)17/h4-6,9-11,17H,7-8H2,1-3H3/t9?,10?,11-/m0/s1. The number of halogens is 1. The van der Waals surface area contributed by atoms with E-state index in [2.05, 4.69) is 4.90 Å². The lowest BCUT2D eigenvalue weighted by molar-refractivity contribution is -0.00538. The fraction of sp³-hybridized carbons (Fsp3) is 0.571. The molecule has 0 aromatic heterocycles. The maximum atomic E-state index is 13.3. The molecule has 1 aromatic carbocycles. The summed E-state index contributed by atoms with van der Waals surface area (Å²) >= 11 is 0. The van der Waals surface area contributed by atoms with Crippen molar-refractivity contribution in [2.24, 2.45) is 0 Å². The van der Waals surface area contributed by atoms with Crippen LogP contribution in [0.5, 0.6) is 0 Å². The summed E-state index contributed by atoms with van der Waals surface area (Å²) in [7, 11) is 0. The zero-order valence-electron chi connectivity index (χ0n) is 11.1. The highest BCUT2D eigenvalue weighted by Crippen LogP contribution is 2.29. The van der Waals surface area contributed by atoms with Crippen LogP contribution in [-0.2, 0) is 4.74 Å². The molecule has 2 unspecified atom stereocenters. The van der Waals surface area contributed by atoms with Crippen LogP contribution in [0.4, 0.5) is 10.1 Å². The Bertz CT molecular complexity index is 412. The molecule has 1 aliphatic rings. The predicted octanol–water partition coefficient (Wildman–Crippen LogP) is 2.49. The highest BCUT2D eigenvalue weighted by atomic mass is 19.1. The van der Waals surface area contributed by atoms with E-state index in [1.54, 1.807) is 13.0 Å². The average Bonchev–Trinajstić information content (AvgIpc) is 2.27. The molecule has 0 spiro atoms. The number of nitrogens with zero attached hydrogens (tertiary/aromatic N) is 1. The van der Waals surface area contributed by atoms with Crippen molar-refractivity contribution < 1.29 is 14.2 Å². The van der Waals surface area contributed by atoms with Crippen molar-refractivity contribution in [1.29, 1.82) is 0 Å². The van der Waals surface area contributed by atoms with E-state index >= 15 is 0 Å². The van der Waals surface area contributed by atoms with Crippen LogP contribution in [0.2, 0.25) is 0 Å². The Balaban J connectivity index is 2.32. The van der Waals surface area contributed by atoms with Crippen molar-refractivity contribution in [3.63, 3.8) is 0 Å². The van der Waals surface area contributed by atoms with Crippen LogP contribution >= 0.6 is 0 Å². The van der Waals surface area contributed by atoms with Crippen LogP contribution in [-0.4, -0.2) is 30.4 Å². The Labute approximate surface area is 107 Å². The Morgan fingerprint density at radius 1 is 1.33 bits per heavy atom. The largest absolute Gasteiger partial charge is 0.389 e. The zero-order valence-corrected chi connectivity index (χ0v) is 11.1. The van der Waals surface area contributed by atoms with Crippen molar-refractivity contribution in [2.45, 2.75) is 39.1 Å². The van der Waals surface area contributed by atoms with Crippen LogP contribution in [0.3, 0.4) is 0 Å². The first kappa shape index (κ1) is 13.3. The van der Waals surface area contributed by atoms with Gasteiger partial charge in [-0.1, -0.05) is 0 Å². The Hall–Kier alpha value is -1.13. The monoisotopic (exact) mass is 253 g/mol. The molecule has 0 bridgehead atoms. The highest BCUT2D eigenvalue weighted by molar-refractivity contribution is 5.55. The number of rotatable bonds is 2. The number of hydrogen-bond acceptors (Lipinski definition) is 3. The molecule has 3 atom stereocenters. The predicted molar refractivity (Wildman–Crippen MR) is 69.3 cm³/mol. The molecule has 1 heterocycles. The normalized spacial score (nSPS) is 26.2. The first-order valence-electron chi connectivity index (χ1n) is 6.35. The fourth-order valence-electron chi connectivity index (χ4n) is 2.52. The molecule has 1 fully saturated rings. The molecule has 4 heteroatoms. The van der Waals surface area contributed by atoms with Gasteiger partial charge in [-0.25, -0.2) is 4.39 Å². The van der Waals surface area contributed by atoms with Gasteiger partial charge in [0.05, 0.1) is 18.3 Å². The topological polar surface area (TPSA) is 32.7 Å². The third-order valence-corrected chi connectivity index (χ3v) is 3.20. The van der Waals surface area contributed by atoms with Gasteiger partial charge >= 0.3 is 0 Å². The Morgan fingerprint density at radius 2 is 1.94 bits per heavy atom. The maximum absolute atomic E-state index is 13.3. The molecule has 0 aliphatic carbocycles. The minimum Gasteiger partial charge on any atom is -0.389 e. The van der Waals surface area contributed by atoms with Gasteiger partial charge in [0.1, 0.15) is 5.82 Å². The van der Waals surface area contributed by atoms with E-state index in [0.717, 1.165) is 18.8 Å². The van der Waals surface area contributed by atoms with Crippen molar-refractivity contribution >= 4 is 5.69 Å². The SMILES string of the molecule is CC1CN(c2ccc(F)cc2[C@H](C)O)CC(C)O1. The lowest BCUT2D eigenvalue weighted by Gasteiger charge is -2.38. The molecule has 1 N–H and O–H groups in total. The van der Waals surface area contributed by atoms with Gasteiger partial charge < -0.3 is 14.7 Å². The lowest BCUT2D eigenvalue weighted by Crippen LogP contribution is -2.45. The second kappa shape index (κ2) is 5.24. The third kappa shape index (κ3) is 2.82. The minimum absolute atomic E-state index is 0.139. The van der Waals surface area contributed by atoms with Crippen molar-refractivity contribution in [3.8, 4) is 0 Å². The molecule has 18 heavy (non-hydrogen) atoms. The van der Waals surface area contributed by atoms with E-state index in [9.17, 15) is 9.50 Å². The molecule has 3 nitrogen and oxygen atoms in total. The number of anilines is 1. The number of ether oxygens (including phenoxy) is 1. The summed E-state index contributed by atoms with van der Waals surface area (Å²) in [6.45, 7) is 7.22. The van der Waals surface area contributed by atoms with E-state index in [1.165, 1.54) is 12.1 Å². The summed E-state index contributed by atoms with van der Waals surface area (Å²) in [5, 5.41) is 9.77. The number of morpholine rings is 1. The summed E-state index contributed by atoms with van der Waals surface area (Å²) in [6, 6.07) is 4.58. The summed E-state index contributed by atoms with van der Waals surface area (Å²) in [5.41, 5.74) is 1.53. The minimum atomic E-state index is -0.677. The van der Waals surface area contributed by atoms with Gasteiger partial charge in [-0.05, 0) is 39.0 Å². The van der Waals surface area contributed by atoms with Crippen molar-refractivity contribution in [1.82, 2.24) is 0 Å². The first-order valence-corrected chi connectivity index (χ1v) is 6.35. The van der Waals surface area contributed by atoms with Crippen LogP contribution in [0.15, 0.2) is 18.2 Å². The smallest absolute Gasteiger partial charge is 0.123 e. The molecule has 0 saturated carbocycles. The molecule has 0 radical (unpaired) electrons. The van der Waals surface area contributed by atoms with Gasteiger partial charge in [-0.3, -0.25) is 0 Å². The number of aliphatic hydroxyl groups is 1.